The van der Waals surface area contributed by atoms with Crippen molar-refractivity contribution < 1.29 is 4.74 Å². The van der Waals surface area contributed by atoms with Crippen LogP contribution in [0.5, 0.6) is 5.75 Å². The molecule has 2 rings (SSSR count). The summed E-state index contributed by atoms with van der Waals surface area (Å²) in [5, 5.41) is 3.52. The van der Waals surface area contributed by atoms with Crippen molar-refractivity contribution in [1.82, 2.24) is 5.32 Å². The Hall–Kier alpha value is -0.540. The van der Waals surface area contributed by atoms with Crippen LogP contribution in [0.4, 0.5) is 0 Å². The third kappa shape index (κ3) is 2.57. The standard InChI is InChI=1S/C15H22BrNO/c1-5-17-13-9-14(15(13,3)4)18-11-6-7-12(16)10(2)8-11/h6-8,13-14,17H,5,9H2,1-4H3. The molecule has 1 aromatic rings. The summed E-state index contributed by atoms with van der Waals surface area (Å²) < 4.78 is 7.25. The number of halogens is 1. The van der Waals surface area contributed by atoms with Crippen LogP contribution in [0.1, 0.15) is 32.8 Å². The maximum Gasteiger partial charge on any atom is 0.120 e. The summed E-state index contributed by atoms with van der Waals surface area (Å²) in [6.45, 7) is 9.82. The number of aryl methyl sites for hydroxylation is 1. The molecule has 1 aliphatic rings. The molecule has 2 nitrogen and oxygen atoms in total. The lowest BCUT2D eigenvalue weighted by Crippen LogP contribution is -2.62. The van der Waals surface area contributed by atoms with Gasteiger partial charge < -0.3 is 10.1 Å². The lowest BCUT2D eigenvalue weighted by atomic mass is 9.64. The number of nitrogens with one attached hydrogen (secondary N) is 1. The first-order valence-electron chi connectivity index (χ1n) is 6.61. The second-order valence-corrected chi connectivity index (χ2v) is 6.54. The van der Waals surface area contributed by atoms with Crippen molar-refractivity contribution in [2.45, 2.75) is 46.3 Å². The molecule has 0 saturated heterocycles. The summed E-state index contributed by atoms with van der Waals surface area (Å²) in [7, 11) is 0. The SMILES string of the molecule is CCNC1CC(Oc2ccc(Br)c(C)c2)C1(C)C. The predicted molar refractivity (Wildman–Crippen MR) is 79.2 cm³/mol. The molecule has 1 aromatic carbocycles. The summed E-state index contributed by atoms with van der Waals surface area (Å²) in [6, 6.07) is 6.76. The van der Waals surface area contributed by atoms with Gasteiger partial charge in [0.1, 0.15) is 11.9 Å². The van der Waals surface area contributed by atoms with E-state index in [1.165, 1.54) is 5.56 Å². The fourth-order valence-corrected chi connectivity index (χ4v) is 2.78. The highest BCUT2D eigenvalue weighted by molar-refractivity contribution is 9.10. The monoisotopic (exact) mass is 311 g/mol. The van der Waals surface area contributed by atoms with Gasteiger partial charge in [-0.3, -0.25) is 0 Å². The minimum atomic E-state index is 0.205. The molecule has 1 fully saturated rings. The molecule has 3 heteroatoms. The molecule has 0 aliphatic heterocycles. The largest absolute Gasteiger partial charge is 0.490 e. The first kappa shape index (κ1) is 13.9. The fourth-order valence-electron chi connectivity index (χ4n) is 2.53. The summed E-state index contributed by atoms with van der Waals surface area (Å²) in [5.74, 6) is 0.976. The Kier molecular flexibility index (Phi) is 4.02. The Morgan fingerprint density at radius 1 is 1.44 bits per heavy atom. The smallest absolute Gasteiger partial charge is 0.120 e. The van der Waals surface area contributed by atoms with Gasteiger partial charge in [0.2, 0.25) is 0 Å². The third-order valence-electron chi connectivity index (χ3n) is 4.04. The van der Waals surface area contributed by atoms with E-state index in [0.717, 1.165) is 23.2 Å². The number of ether oxygens (including phenoxy) is 1. The van der Waals surface area contributed by atoms with Gasteiger partial charge >= 0.3 is 0 Å². The molecule has 0 radical (unpaired) electrons. The topological polar surface area (TPSA) is 21.3 Å². The van der Waals surface area contributed by atoms with Crippen molar-refractivity contribution in [2.24, 2.45) is 5.41 Å². The van der Waals surface area contributed by atoms with Crippen LogP contribution < -0.4 is 10.1 Å². The van der Waals surface area contributed by atoms with Crippen molar-refractivity contribution in [1.29, 1.82) is 0 Å². The second-order valence-electron chi connectivity index (χ2n) is 5.68. The van der Waals surface area contributed by atoms with Crippen LogP contribution in [0, 0.1) is 12.3 Å². The van der Waals surface area contributed by atoms with E-state index in [1.807, 2.05) is 6.07 Å². The molecule has 1 N–H and O–H groups in total. The Labute approximate surface area is 118 Å². The zero-order valence-electron chi connectivity index (χ0n) is 11.6. The average molecular weight is 312 g/mol. The zero-order chi connectivity index (χ0) is 13.3. The molecule has 1 saturated carbocycles. The molecule has 2 unspecified atom stereocenters. The minimum absolute atomic E-state index is 0.205. The second kappa shape index (κ2) is 5.22. The summed E-state index contributed by atoms with van der Waals surface area (Å²) >= 11 is 3.51. The molecular weight excluding hydrogens is 290 g/mol. The van der Waals surface area contributed by atoms with E-state index in [9.17, 15) is 0 Å². The Bertz CT molecular complexity index is 431. The zero-order valence-corrected chi connectivity index (χ0v) is 13.2. The number of rotatable bonds is 4. The van der Waals surface area contributed by atoms with Crippen molar-refractivity contribution in [3.63, 3.8) is 0 Å². The van der Waals surface area contributed by atoms with E-state index in [1.54, 1.807) is 0 Å². The van der Waals surface area contributed by atoms with Crippen LogP contribution in [0.3, 0.4) is 0 Å². The highest BCUT2D eigenvalue weighted by Gasteiger charge is 2.49. The molecule has 0 aromatic heterocycles. The average Bonchev–Trinajstić information content (AvgIpc) is 2.32. The van der Waals surface area contributed by atoms with E-state index in [4.69, 9.17) is 4.74 Å². The van der Waals surface area contributed by atoms with Gasteiger partial charge in [-0.1, -0.05) is 36.7 Å². The van der Waals surface area contributed by atoms with E-state index in [2.05, 4.69) is 61.1 Å². The quantitative estimate of drug-likeness (QED) is 0.910. The molecule has 0 bridgehead atoms. The third-order valence-corrected chi connectivity index (χ3v) is 4.93. The fraction of sp³-hybridized carbons (Fsp3) is 0.600. The van der Waals surface area contributed by atoms with Crippen molar-refractivity contribution in [2.75, 3.05) is 6.54 Å². The first-order chi connectivity index (χ1) is 8.45. The molecule has 0 heterocycles. The van der Waals surface area contributed by atoms with E-state index < -0.39 is 0 Å². The van der Waals surface area contributed by atoms with Crippen molar-refractivity contribution in [3.05, 3.63) is 28.2 Å². The number of hydrogen-bond acceptors (Lipinski definition) is 2. The predicted octanol–water partition coefficient (Wildman–Crippen LogP) is 3.91. The molecule has 18 heavy (non-hydrogen) atoms. The summed E-state index contributed by atoms with van der Waals surface area (Å²) in [4.78, 5) is 0. The Morgan fingerprint density at radius 3 is 2.72 bits per heavy atom. The molecule has 2 atom stereocenters. The normalized spacial score (nSPS) is 25.6. The van der Waals surface area contributed by atoms with Crippen LogP contribution >= 0.6 is 15.9 Å². The summed E-state index contributed by atoms with van der Waals surface area (Å²) in [5.41, 5.74) is 1.42. The first-order valence-corrected chi connectivity index (χ1v) is 7.40. The van der Waals surface area contributed by atoms with Crippen molar-refractivity contribution >= 4 is 15.9 Å². The van der Waals surface area contributed by atoms with Crippen LogP contribution in [0.25, 0.3) is 0 Å². The Balaban J connectivity index is 2.01. The molecule has 100 valence electrons. The van der Waals surface area contributed by atoms with Gasteiger partial charge in [0.05, 0.1) is 0 Å². The molecular formula is C15H22BrNO. The highest BCUT2D eigenvalue weighted by atomic mass is 79.9. The van der Waals surface area contributed by atoms with E-state index >= 15 is 0 Å². The number of benzene rings is 1. The molecule has 0 amide bonds. The Morgan fingerprint density at radius 2 is 2.17 bits per heavy atom. The van der Waals surface area contributed by atoms with Gasteiger partial charge in [-0.15, -0.1) is 0 Å². The lowest BCUT2D eigenvalue weighted by molar-refractivity contribution is -0.0541. The maximum atomic E-state index is 6.12. The van der Waals surface area contributed by atoms with Gasteiger partial charge in [0.15, 0.2) is 0 Å². The van der Waals surface area contributed by atoms with E-state index in [0.29, 0.717) is 12.1 Å². The van der Waals surface area contributed by atoms with Gasteiger partial charge in [-0.2, -0.15) is 0 Å². The van der Waals surface area contributed by atoms with E-state index in [-0.39, 0.29) is 5.41 Å². The lowest BCUT2D eigenvalue weighted by Gasteiger charge is -2.51. The van der Waals surface area contributed by atoms with Gasteiger partial charge in [0.25, 0.3) is 0 Å². The van der Waals surface area contributed by atoms with Crippen molar-refractivity contribution in [3.8, 4) is 5.75 Å². The summed E-state index contributed by atoms with van der Waals surface area (Å²) in [6.07, 6.45) is 1.40. The van der Waals surface area contributed by atoms with Crippen LogP contribution in [0.15, 0.2) is 22.7 Å². The molecule has 1 aliphatic carbocycles. The van der Waals surface area contributed by atoms with Crippen LogP contribution in [0.2, 0.25) is 0 Å². The van der Waals surface area contributed by atoms with Gasteiger partial charge in [0, 0.05) is 22.4 Å². The maximum absolute atomic E-state index is 6.12. The number of hydrogen-bond donors (Lipinski definition) is 1. The van der Waals surface area contributed by atoms with Gasteiger partial charge in [-0.05, 0) is 37.2 Å². The van der Waals surface area contributed by atoms with Gasteiger partial charge in [-0.25, -0.2) is 0 Å². The minimum Gasteiger partial charge on any atom is -0.490 e. The van der Waals surface area contributed by atoms with Crippen LogP contribution in [-0.2, 0) is 0 Å². The highest BCUT2D eigenvalue weighted by Crippen LogP contribution is 2.43. The molecule has 0 spiro atoms. The van der Waals surface area contributed by atoms with Crippen LogP contribution in [-0.4, -0.2) is 18.7 Å².